The van der Waals surface area contributed by atoms with E-state index in [2.05, 4.69) is 99.7 Å². The summed E-state index contributed by atoms with van der Waals surface area (Å²) in [5.41, 5.74) is 6.44. The number of carbonyl (C=O) groups excluding carboxylic acids is 1. The zero-order chi connectivity index (χ0) is 36.4. The largest absolute Gasteiger partial charge is 0.465 e. The molecule has 9 rings (SSSR count). The quantitative estimate of drug-likeness (QED) is 0.120. The number of ether oxygens (including phenoxy) is 1. The lowest BCUT2D eigenvalue weighted by Crippen LogP contribution is -2.49. The zero-order valence-corrected chi connectivity index (χ0v) is 30.5. The third kappa shape index (κ3) is 6.24. The number of aromatic nitrogens is 4. The third-order valence-corrected chi connectivity index (χ3v) is 12.6. The molecule has 5 atom stereocenters. The molecule has 2 aliphatic heterocycles. The second-order valence-electron chi connectivity index (χ2n) is 16.2. The fourth-order valence-corrected chi connectivity index (χ4v) is 9.34. The number of amides is 2. The Bertz CT molecular complexity index is 2170. The summed E-state index contributed by atoms with van der Waals surface area (Å²) in [5.74, 6) is 2.57. The number of hydrogen-bond donors (Lipinski definition) is 4. The number of hydrogen-bond acceptors (Lipinski definition) is 6. The number of rotatable bonds is 9. The highest BCUT2D eigenvalue weighted by Crippen LogP contribution is 2.58. The number of carbonyl (C=O) groups is 2. The number of alkyl carbamates (subject to hydrolysis) is 1. The van der Waals surface area contributed by atoms with Gasteiger partial charge >= 0.3 is 12.2 Å². The van der Waals surface area contributed by atoms with Crippen LogP contribution in [0.3, 0.4) is 0 Å². The first-order valence-electron chi connectivity index (χ1n) is 19.0. The van der Waals surface area contributed by atoms with Crippen molar-refractivity contribution in [2.24, 2.45) is 17.3 Å². The maximum atomic E-state index is 12.1. The Morgan fingerprint density at radius 1 is 0.906 bits per heavy atom. The van der Waals surface area contributed by atoms with Gasteiger partial charge in [-0.2, -0.15) is 0 Å². The van der Waals surface area contributed by atoms with Crippen molar-refractivity contribution in [3.05, 3.63) is 84.7 Å². The third-order valence-electron chi connectivity index (χ3n) is 12.6. The molecule has 3 aromatic carbocycles. The first-order valence-corrected chi connectivity index (χ1v) is 19.0. The van der Waals surface area contributed by atoms with E-state index in [0.29, 0.717) is 18.5 Å². The van der Waals surface area contributed by atoms with Gasteiger partial charge in [-0.15, -0.1) is 0 Å². The molecule has 11 nitrogen and oxygen atoms in total. The molecule has 4 heterocycles. The maximum Gasteiger partial charge on any atom is 0.407 e. The minimum Gasteiger partial charge on any atom is -0.465 e. The highest BCUT2D eigenvalue weighted by atomic mass is 16.5. The second kappa shape index (κ2) is 13.1. The Morgan fingerprint density at radius 3 is 2.25 bits per heavy atom. The van der Waals surface area contributed by atoms with Crippen LogP contribution in [-0.4, -0.2) is 79.3 Å². The standard InChI is InChI=1S/C42H47N7O4/c1-24(2)35(47-40(50)53-3)22-48-32-13-12-31(18-32)37(48)39-44-21-34(46-39)30-11-10-28-16-27(8-9-29(28)17-30)25-4-6-26(7-5-25)33-20-43-38(45-33)36-19-42(14-15-42)23-49(36)41(51)52/h4-11,16-17,20-21,24,31-32,35-37H,12-15,18-19,22-23H2,1-3H3,(H,43,45)(H,44,46)(H,47,50)(H,51,52). The number of aromatic amines is 2. The number of carboxylic acid groups (broad SMARTS) is 1. The normalized spacial score (nSPS) is 23.7. The lowest BCUT2D eigenvalue weighted by molar-refractivity contribution is 0.104. The monoisotopic (exact) mass is 713 g/mol. The summed E-state index contributed by atoms with van der Waals surface area (Å²) in [5, 5.41) is 15.2. The van der Waals surface area contributed by atoms with Crippen molar-refractivity contribution in [1.82, 2.24) is 35.1 Å². The van der Waals surface area contributed by atoms with Crippen LogP contribution in [0.25, 0.3) is 44.4 Å². The number of likely N-dealkylation sites (tertiary alicyclic amines) is 2. The van der Waals surface area contributed by atoms with Crippen molar-refractivity contribution in [2.75, 3.05) is 20.2 Å². The molecular formula is C42H47N7O4. The van der Waals surface area contributed by atoms with Crippen LogP contribution in [0.15, 0.2) is 73.1 Å². The topological polar surface area (TPSA) is 139 Å². The van der Waals surface area contributed by atoms with Gasteiger partial charge in [0.25, 0.3) is 0 Å². The summed E-state index contributed by atoms with van der Waals surface area (Å²) < 4.78 is 4.92. The van der Waals surface area contributed by atoms with Gasteiger partial charge in [0.05, 0.1) is 43.0 Å². The van der Waals surface area contributed by atoms with E-state index in [1.165, 1.54) is 31.8 Å². The Balaban J connectivity index is 0.900. The van der Waals surface area contributed by atoms with E-state index in [1.807, 2.05) is 12.4 Å². The molecule has 5 unspecified atom stereocenters. The average molecular weight is 714 g/mol. The number of H-pyrrole nitrogens is 2. The lowest BCUT2D eigenvalue weighted by atomic mass is 9.96. The van der Waals surface area contributed by atoms with E-state index < -0.39 is 6.09 Å². The number of nitrogens with zero attached hydrogens (tertiary/aromatic N) is 4. The molecule has 4 N–H and O–H groups in total. The Kier molecular flexibility index (Phi) is 8.29. The SMILES string of the molecule is COC(=O)NC(CN1C2CCC(C2)C1c1ncc(-c2ccc3cc(-c4ccc(-c5cnc(C6CC7(CC7)CN6C(=O)O)[nH]5)cc4)ccc3c2)[nH]1)C(C)C. The zero-order valence-electron chi connectivity index (χ0n) is 30.5. The van der Waals surface area contributed by atoms with Crippen molar-refractivity contribution in [1.29, 1.82) is 0 Å². The van der Waals surface area contributed by atoms with E-state index in [-0.39, 0.29) is 35.6 Å². The Morgan fingerprint density at radius 2 is 1.55 bits per heavy atom. The second-order valence-corrected chi connectivity index (χ2v) is 16.2. The molecule has 274 valence electrons. The van der Waals surface area contributed by atoms with Gasteiger partial charge in [-0.05, 0) is 95.4 Å². The van der Waals surface area contributed by atoms with Crippen LogP contribution in [0.1, 0.15) is 76.1 Å². The van der Waals surface area contributed by atoms with E-state index in [9.17, 15) is 14.7 Å². The average Bonchev–Trinajstić information content (AvgIpc) is 3.78. The minimum atomic E-state index is -0.871. The first kappa shape index (κ1) is 33.7. The van der Waals surface area contributed by atoms with Gasteiger partial charge in [-0.1, -0.05) is 62.4 Å². The molecule has 2 saturated heterocycles. The Labute approximate surface area is 309 Å². The minimum absolute atomic E-state index is 0.00321. The molecule has 2 aliphatic carbocycles. The van der Waals surface area contributed by atoms with Crippen LogP contribution in [0, 0.1) is 17.3 Å². The summed E-state index contributed by atoms with van der Waals surface area (Å²) in [6.07, 6.45) is 9.14. The van der Waals surface area contributed by atoms with E-state index in [0.717, 1.165) is 76.5 Å². The summed E-state index contributed by atoms with van der Waals surface area (Å²) in [6.45, 7) is 5.66. The number of methoxy groups -OCH3 is 1. The first-order chi connectivity index (χ1) is 25.7. The molecule has 53 heavy (non-hydrogen) atoms. The van der Waals surface area contributed by atoms with Gasteiger partial charge < -0.3 is 25.1 Å². The predicted molar refractivity (Wildman–Crippen MR) is 203 cm³/mol. The van der Waals surface area contributed by atoms with Gasteiger partial charge in [0.15, 0.2) is 0 Å². The van der Waals surface area contributed by atoms with Crippen LogP contribution in [-0.2, 0) is 4.74 Å². The molecule has 2 aromatic heterocycles. The smallest absolute Gasteiger partial charge is 0.407 e. The molecule has 4 aliphatic rings. The number of imidazole rings is 2. The van der Waals surface area contributed by atoms with E-state index in [4.69, 9.17) is 9.72 Å². The summed E-state index contributed by atoms with van der Waals surface area (Å²) in [4.78, 5) is 44.8. The lowest BCUT2D eigenvalue weighted by Gasteiger charge is -2.37. The number of piperidine rings is 1. The van der Waals surface area contributed by atoms with Crippen LogP contribution >= 0.6 is 0 Å². The fourth-order valence-electron chi connectivity index (χ4n) is 9.34. The van der Waals surface area contributed by atoms with Crippen LogP contribution in [0.2, 0.25) is 0 Å². The molecule has 1 spiro atoms. The van der Waals surface area contributed by atoms with E-state index in [1.54, 1.807) is 4.90 Å². The van der Waals surface area contributed by atoms with Gasteiger partial charge in [-0.25, -0.2) is 19.6 Å². The number of benzene rings is 3. The highest BCUT2D eigenvalue weighted by Gasteiger charge is 2.54. The maximum absolute atomic E-state index is 12.1. The van der Waals surface area contributed by atoms with Crippen molar-refractivity contribution in [3.63, 3.8) is 0 Å². The molecule has 5 aromatic rings. The number of fused-ring (bicyclic) bond motifs is 3. The molecule has 11 heteroatoms. The molecule has 4 fully saturated rings. The van der Waals surface area contributed by atoms with Crippen molar-refractivity contribution < 1.29 is 19.4 Å². The molecule has 2 bridgehead atoms. The van der Waals surface area contributed by atoms with Crippen molar-refractivity contribution in [2.45, 2.75) is 76.5 Å². The predicted octanol–water partition coefficient (Wildman–Crippen LogP) is 8.40. The van der Waals surface area contributed by atoms with Crippen LogP contribution < -0.4 is 5.32 Å². The Hall–Kier alpha value is -5.16. The highest BCUT2D eigenvalue weighted by molar-refractivity contribution is 5.90. The van der Waals surface area contributed by atoms with E-state index >= 15 is 0 Å². The van der Waals surface area contributed by atoms with Gasteiger partial charge in [0.2, 0.25) is 0 Å². The van der Waals surface area contributed by atoms with Crippen LogP contribution in [0.4, 0.5) is 9.59 Å². The summed E-state index contributed by atoms with van der Waals surface area (Å²) in [6, 6.07) is 22.1. The van der Waals surface area contributed by atoms with Gasteiger partial charge in [0.1, 0.15) is 11.6 Å². The molecular weight excluding hydrogens is 667 g/mol. The van der Waals surface area contributed by atoms with Crippen LogP contribution in [0.5, 0.6) is 0 Å². The van der Waals surface area contributed by atoms with Gasteiger partial charge in [-0.3, -0.25) is 9.80 Å². The molecule has 2 saturated carbocycles. The van der Waals surface area contributed by atoms with Gasteiger partial charge in [0, 0.05) is 30.7 Å². The fraction of sp³-hybridized carbons (Fsp3) is 0.429. The summed E-state index contributed by atoms with van der Waals surface area (Å²) >= 11 is 0. The van der Waals surface area contributed by atoms with Crippen molar-refractivity contribution >= 4 is 23.0 Å². The number of nitrogens with one attached hydrogen (secondary N) is 3. The molecule has 2 amide bonds. The summed E-state index contributed by atoms with van der Waals surface area (Å²) in [7, 11) is 1.42. The molecule has 0 radical (unpaired) electrons. The van der Waals surface area contributed by atoms with Crippen molar-refractivity contribution in [3.8, 4) is 33.6 Å².